The van der Waals surface area contributed by atoms with Crippen molar-refractivity contribution >= 4 is 16.9 Å². The van der Waals surface area contributed by atoms with Gasteiger partial charge < -0.3 is 19.8 Å². The third-order valence-electron chi connectivity index (χ3n) is 4.14. The molecule has 1 aromatic heterocycles. The van der Waals surface area contributed by atoms with Gasteiger partial charge in [0.05, 0.1) is 31.3 Å². The summed E-state index contributed by atoms with van der Waals surface area (Å²) in [5, 5.41) is 2.87. The number of aromatic amines is 1. The molecule has 0 saturated heterocycles. The Bertz CT molecular complexity index is 974. The summed E-state index contributed by atoms with van der Waals surface area (Å²) in [7, 11) is 3.19. The first kappa shape index (κ1) is 17.8. The molecule has 1 amide bonds. The van der Waals surface area contributed by atoms with E-state index in [9.17, 15) is 9.59 Å². The van der Waals surface area contributed by atoms with Crippen LogP contribution in [0.5, 0.6) is 5.75 Å². The van der Waals surface area contributed by atoms with E-state index in [0.29, 0.717) is 30.8 Å². The fourth-order valence-electron chi connectivity index (χ4n) is 2.78. The monoisotopic (exact) mass is 355 g/mol. The van der Waals surface area contributed by atoms with Crippen molar-refractivity contribution in [2.75, 3.05) is 20.8 Å². The molecule has 1 heterocycles. The number of nitrogens with one attached hydrogen (secondary N) is 2. The highest BCUT2D eigenvalue weighted by atomic mass is 16.5. The average molecular weight is 355 g/mol. The number of nitrogens with zero attached hydrogens (tertiary/aromatic N) is 1. The van der Waals surface area contributed by atoms with E-state index in [1.807, 2.05) is 24.3 Å². The minimum Gasteiger partial charge on any atom is -0.497 e. The number of carbonyl (C=O) groups excluding carboxylic acids is 1. The van der Waals surface area contributed by atoms with Crippen LogP contribution in [-0.4, -0.2) is 36.3 Å². The van der Waals surface area contributed by atoms with E-state index in [1.165, 1.54) is 0 Å². The van der Waals surface area contributed by atoms with Crippen LogP contribution in [-0.2, 0) is 17.8 Å². The molecule has 2 N–H and O–H groups in total. The van der Waals surface area contributed by atoms with Gasteiger partial charge in [0.2, 0.25) is 0 Å². The van der Waals surface area contributed by atoms with Gasteiger partial charge in [0.1, 0.15) is 5.75 Å². The van der Waals surface area contributed by atoms with E-state index in [-0.39, 0.29) is 11.6 Å². The summed E-state index contributed by atoms with van der Waals surface area (Å²) in [6.07, 6.45) is 0. The van der Waals surface area contributed by atoms with Crippen molar-refractivity contribution in [2.24, 2.45) is 0 Å². The molecule has 3 aromatic rings. The van der Waals surface area contributed by atoms with Gasteiger partial charge in [-0.1, -0.05) is 12.1 Å². The molecule has 7 nitrogen and oxygen atoms in total. The van der Waals surface area contributed by atoms with Crippen LogP contribution in [0, 0.1) is 0 Å². The number of methoxy groups -OCH3 is 2. The zero-order valence-corrected chi connectivity index (χ0v) is 14.7. The molecule has 0 radical (unpaired) electrons. The van der Waals surface area contributed by atoms with E-state index in [1.54, 1.807) is 37.0 Å². The van der Waals surface area contributed by atoms with E-state index in [0.717, 1.165) is 16.8 Å². The molecule has 26 heavy (non-hydrogen) atoms. The van der Waals surface area contributed by atoms with Crippen LogP contribution in [0.15, 0.2) is 47.3 Å². The summed E-state index contributed by atoms with van der Waals surface area (Å²) in [5.74, 6) is 0.536. The maximum absolute atomic E-state index is 12.4. The topological polar surface area (TPSA) is 85.4 Å². The Morgan fingerprint density at radius 2 is 2.04 bits per heavy atom. The molecule has 0 spiro atoms. The van der Waals surface area contributed by atoms with Crippen molar-refractivity contribution in [3.8, 4) is 5.75 Å². The SMILES string of the molecule is COCCn1c(=O)[nH]c2cc(C(=O)NCc3cccc(OC)c3)ccc21. The highest BCUT2D eigenvalue weighted by Crippen LogP contribution is 2.14. The second-order valence-corrected chi connectivity index (χ2v) is 5.84. The van der Waals surface area contributed by atoms with Gasteiger partial charge in [-0.25, -0.2) is 4.79 Å². The number of H-pyrrole nitrogens is 1. The minimum absolute atomic E-state index is 0.208. The first-order chi connectivity index (χ1) is 12.6. The number of imidazole rings is 1. The van der Waals surface area contributed by atoms with E-state index >= 15 is 0 Å². The number of rotatable bonds is 7. The Kier molecular flexibility index (Phi) is 5.38. The second-order valence-electron chi connectivity index (χ2n) is 5.84. The first-order valence-corrected chi connectivity index (χ1v) is 8.25. The largest absolute Gasteiger partial charge is 0.497 e. The molecule has 0 aliphatic rings. The fourth-order valence-corrected chi connectivity index (χ4v) is 2.78. The van der Waals surface area contributed by atoms with E-state index in [4.69, 9.17) is 9.47 Å². The van der Waals surface area contributed by atoms with Gasteiger partial charge in [0.25, 0.3) is 5.91 Å². The predicted molar refractivity (Wildman–Crippen MR) is 98.6 cm³/mol. The number of aromatic nitrogens is 2. The third-order valence-corrected chi connectivity index (χ3v) is 4.14. The summed E-state index contributed by atoms with van der Waals surface area (Å²) in [5.41, 5.74) is 2.58. The second kappa shape index (κ2) is 7.88. The maximum atomic E-state index is 12.4. The Labute approximate surface area is 150 Å². The lowest BCUT2D eigenvalue weighted by Gasteiger charge is -2.07. The van der Waals surface area contributed by atoms with Crippen LogP contribution in [0.4, 0.5) is 0 Å². The van der Waals surface area contributed by atoms with Crippen LogP contribution in [0.3, 0.4) is 0 Å². The zero-order valence-electron chi connectivity index (χ0n) is 14.7. The maximum Gasteiger partial charge on any atom is 0.326 e. The molecule has 0 aliphatic heterocycles. The molecule has 136 valence electrons. The summed E-state index contributed by atoms with van der Waals surface area (Å²) in [6, 6.07) is 12.7. The first-order valence-electron chi connectivity index (χ1n) is 8.25. The van der Waals surface area contributed by atoms with Crippen molar-refractivity contribution in [1.29, 1.82) is 0 Å². The number of benzene rings is 2. The van der Waals surface area contributed by atoms with Crippen LogP contribution in [0.25, 0.3) is 11.0 Å². The Morgan fingerprint density at radius 1 is 1.19 bits per heavy atom. The highest BCUT2D eigenvalue weighted by molar-refractivity contribution is 5.97. The molecular formula is C19H21N3O4. The Hall–Kier alpha value is -3.06. The molecule has 0 bridgehead atoms. The summed E-state index contributed by atoms with van der Waals surface area (Å²) in [4.78, 5) is 27.2. The van der Waals surface area contributed by atoms with Crippen molar-refractivity contribution in [3.63, 3.8) is 0 Å². The van der Waals surface area contributed by atoms with Crippen molar-refractivity contribution in [3.05, 3.63) is 64.1 Å². The molecule has 2 aromatic carbocycles. The number of fused-ring (bicyclic) bond motifs is 1. The lowest BCUT2D eigenvalue weighted by atomic mass is 10.1. The lowest BCUT2D eigenvalue weighted by molar-refractivity contribution is 0.0951. The number of hydrogen-bond acceptors (Lipinski definition) is 4. The van der Waals surface area contributed by atoms with Gasteiger partial charge >= 0.3 is 5.69 Å². The minimum atomic E-state index is -0.217. The normalized spacial score (nSPS) is 10.8. The van der Waals surface area contributed by atoms with Gasteiger partial charge in [-0.15, -0.1) is 0 Å². The summed E-state index contributed by atoms with van der Waals surface area (Å²) < 4.78 is 11.8. The van der Waals surface area contributed by atoms with Crippen molar-refractivity contribution in [1.82, 2.24) is 14.9 Å². The van der Waals surface area contributed by atoms with Gasteiger partial charge in [-0.3, -0.25) is 9.36 Å². The van der Waals surface area contributed by atoms with Crippen LogP contribution >= 0.6 is 0 Å². The zero-order chi connectivity index (χ0) is 18.5. The Balaban J connectivity index is 1.75. The Morgan fingerprint density at radius 3 is 2.81 bits per heavy atom. The quantitative estimate of drug-likeness (QED) is 0.678. The van der Waals surface area contributed by atoms with Gasteiger partial charge in [-0.05, 0) is 35.9 Å². The molecule has 0 fully saturated rings. The fraction of sp³-hybridized carbons (Fsp3) is 0.263. The molecule has 0 unspecified atom stereocenters. The van der Waals surface area contributed by atoms with Gasteiger partial charge in [-0.2, -0.15) is 0 Å². The molecular weight excluding hydrogens is 334 g/mol. The van der Waals surface area contributed by atoms with Gasteiger partial charge in [0.15, 0.2) is 0 Å². The van der Waals surface area contributed by atoms with Crippen LogP contribution in [0.2, 0.25) is 0 Å². The number of hydrogen-bond donors (Lipinski definition) is 2. The molecule has 0 atom stereocenters. The molecule has 3 rings (SSSR count). The number of amides is 1. The third kappa shape index (κ3) is 3.78. The van der Waals surface area contributed by atoms with Crippen molar-refractivity contribution < 1.29 is 14.3 Å². The number of ether oxygens (including phenoxy) is 2. The summed E-state index contributed by atoms with van der Waals surface area (Å²) in [6.45, 7) is 1.28. The molecule has 7 heteroatoms. The van der Waals surface area contributed by atoms with Crippen LogP contribution in [0.1, 0.15) is 15.9 Å². The molecule has 0 aliphatic carbocycles. The molecule has 0 saturated carbocycles. The lowest BCUT2D eigenvalue weighted by Crippen LogP contribution is -2.22. The van der Waals surface area contributed by atoms with E-state index < -0.39 is 0 Å². The summed E-state index contributed by atoms with van der Waals surface area (Å²) >= 11 is 0. The number of carbonyl (C=O) groups is 1. The highest BCUT2D eigenvalue weighted by Gasteiger charge is 2.11. The average Bonchev–Trinajstić information content (AvgIpc) is 2.98. The van der Waals surface area contributed by atoms with Crippen LogP contribution < -0.4 is 15.7 Å². The predicted octanol–water partition coefficient (Wildman–Crippen LogP) is 1.91. The van der Waals surface area contributed by atoms with Crippen molar-refractivity contribution in [2.45, 2.75) is 13.1 Å². The van der Waals surface area contributed by atoms with Gasteiger partial charge in [0, 0.05) is 19.2 Å². The standard InChI is InChI=1S/C19H21N3O4/c1-25-9-8-22-17-7-6-14(11-16(17)21-19(22)24)18(23)20-12-13-4-3-5-15(10-13)26-2/h3-7,10-11H,8-9,12H2,1-2H3,(H,20,23)(H,21,24). The van der Waals surface area contributed by atoms with E-state index in [2.05, 4.69) is 10.3 Å². The smallest absolute Gasteiger partial charge is 0.326 e.